The molecule has 12 heteroatoms. The molecule has 53 heavy (non-hydrogen) atoms. The number of carboxylic acids is 1. The minimum atomic E-state index is -1.53. The second kappa shape index (κ2) is 18.1. The van der Waals surface area contributed by atoms with Crippen LogP contribution in [0.2, 0.25) is 5.02 Å². The average Bonchev–Trinajstić information content (AvgIpc) is 3.17. The Kier molecular flexibility index (Phi) is 13.4. The fourth-order valence-corrected chi connectivity index (χ4v) is 8.20. The van der Waals surface area contributed by atoms with Gasteiger partial charge in [-0.2, -0.15) is 5.26 Å². The van der Waals surface area contributed by atoms with Crippen LogP contribution in [-0.2, 0) is 22.7 Å². The summed E-state index contributed by atoms with van der Waals surface area (Å²) in [5.41, 5.74) is 2.10. The van der Waals surface area contributed by atoms with Gasteiger partial charge in [-0.05, 0) is 81.1 Å². The molecule has 2 aromatic carbocycles. The summed E-state index contributed by atoms with van der Waals surface area (Å²) in [6, 6.07) is 16.4. The van der Waals surface area contributed by atoms with Crippen LogP contribution in [0.15, 0.2) is 79.2 Å². The van der Waals surface area contributed by atoms with E-state index in [2.05, 4.69) is 16.0 Å². The Morgan fingerprint density at radius 1 is 1.00 bits per heavy atom. The van der Waals surface area contributed by atoms with Crippen molar-refractivity contribution in [2.45, 2.75) is 74.1 Å². The van der Waals surface area contributed by atoms with E-state index in [1.807, 2.05) is 53.5 Å². The Morgan fingerprint density at radius 3 is 2.57 bits per heavy atom. The monoisotopic (exact) mass is 778 g/mol. The first kappa shape index (κ1) is 39.1. The lowest BCUT2D eigenvalue weighted by molar-refractivity contribution is -0.144. The highest BCUT2D eigenvalue weighted by atomic mass is 35.5. The van der Waals surface area contributed by atoms with Crippen molar-refractivity contribution in [3.63, 3.8) is 0 Å². The van der Waals surface area contributed by atoms with Gasteiger partial charge in [-0.15, -0.1) is 0 Å². The molecule has 1 N–H and O–H groups in total. The van der Waals surface area contributed by atoms with Crippen molar-refractivity contribution in [1.29, 1.82) is 5.26 Å². The molecule has 1 aromatic heterocycles. The van der Waals surface area contributed by atoms with Crippen molar-refractivity contribution in [1.82, 2.24) is 14.8 Å². The molecule has 9 nitrogen and oxygen atoms in total. The molecule has 1 aliphatic carbocycles. The van der Waals surface area contributed by atoms with E-state index in [-0.39, 0.29) is 13.2 Å². The van der Waals surface area contributed by atoms with Crippen LogP contribution in [0.5, 0.6) is 11.5 Å². The summed E-state index contributed by atoms with van der Waals surface area (Å²) in [6.07, 6.45) is 15.6. The number of nitriles is 1. The summed E-state index contributed by atoms with van der Waals surface area (Å²) in [7, 11) is 0. The Hall–Kier alpha value is -3.62. The number of likely N-dealkylation sites (tertiary alicyclic amines) is 2. The standard InChI is InChI=1S/C41H45Cl3N4O5/c42-35-22-33(27-48-19-8-5-14-36(48)39(49)50)37(51-28-31-21-30(24-45)25-46-26-31)23-38(35)52-29-40(53-20-10-18-47-16-6-2-7-17-47)15-9-13-34(41(40,43)44)32-11-3-1-4-12-32/h1,3-4,9,11-13,15,21-23,25-26,36H,2,5-8,10,14,16-20,27-29H2,(H,49,50)/t36-,40?/m0/s1. The molecule has 1 unspecified atom stereocenters. The van der Waals surface area contributed by atoms with Crippen LogP contribution in [0, 0.1) is 11.3 Å². The zero-order valence-electron chi connectivity index (χ0n) is 29.7. The number of carbonyl (C=O) groups is 1. The van der Waals surface area contributed by atoms with Crippen molar-refractivity contribution in [2.75, 3.05) is 39.4 Å². The van der Waals surface area contributed by atoms with Gasteiger partial charge in [0, 0.05) is 49.3 Å². The highest BCUT2D eigenvalue weighted by Gasteiger charge is 2.54. The summed E-state index contributed by atoms with van der Waals surface area (Å²) < 4.78 is 18.0. The zero-order chi connectivity index (χ0) is 37.3. The van der Waals surface area contributed by atoms with Gasteiger partial charge in [0.25, 0.3) is 0 Å². The number of piperidine rings is 2. The summed E-state index contributed by atoms with van der Waals surface area (Å²) in [6.45, 7) is 4.51. The number of aromatic nitrogens is 1. The van der Waals surface area contributed by atoms with Gasteiger partial charge in [-0.25, -0.2) is 0 Å². The van der Waals surface area contributed by atoms with Crippen molar-refractivity contribution in [3.05, 3.63) is 106 Å². The second-order valence-corrected chi connectivity index (χ2v) is 15.6. The van der Waals surface area contributed by atoms with E-state index >= 15 is 0 Å². The van der Waals surface area contributed by atoms with E-state index < -0.39 is 21.9 Å². The van der Waals surface area contributed by atoms with Crippen LogP contribution >= 0.6 is 34.8 Å². The third-order valence-electron chi connectivity index (χ3n) is 10.2. The topological polar surface area (TPSA) is 108 Å². The number of aliphatic carboxylic acids is 1. The molecule has 3 heterocycles. The van der Waals surface area contributed by atoms with Crippen LogP contribution in [0.1, 0.15) is 67.2 Å². The van der Waals surface area contributed by atoms with E-state index in [9.17, 15) is 15.2 Å². The maximum atomic E-state index is 12.1. The third kappa shape index (κ3) is 9.55. The quantitative estimate of drug-likeness (QED) is 0.120. The van der Waals surface area contributed by atoms with E-state index in [1.165, 1.54) is 25.5 Å². The molecule has 0 spiro atoms. The second-order valence-electron chi connectivity index (χ2n) is 13.9. The minimum Gasteiger partial charge on any atom is -0.488 e. The van der Waals surface area contributed by atoms with Crippen LogP contribution < -0.4 is 9.47 Å². The highest BCUT2D eigenvalue weighted by Crippen LogP contribution is 2.51. The van der Waals surface area contributed by atoms with E-state index in [1.54, 1.807) is 24.4 Å². The molecular weight excluding hydrogens is 735 g/mol. The fraction of sp³-hybridized carbons (Fsp3) is 0.439. The minimum absolute atomic E-state index is 0.0652. The summed E-state index contributed by atoms with van der Waals surface area (Å²) in [5, 5.41) is 19.7. The molecule has 3 aliphatic rings. The summed E-state index contributed by atoms with van der Waals surface area (Å²) >= 11 is 21.7. The maximum Gasteiger partial charge on any atom is 0.320 e. The highest BCUT2D eigenvalue weighted by molar-refractivity contribution is 6.55. The Morgan fingerprint density at radius 2 is 1.79 bits per heavy atom. The van der Waals surface area contributed by atoms with Gasteiger partial charge in [0.05, 0.1) is 10.6 Å². The van der Waals surface area contributed by atoms with E-state index in [0.29, 0.717) is 64.9 Å². The molecule has 0 amide bonds. The average molecular weight is 780 g/mol. The molecule has 2 atom stereocenters. The number of hydrogen-bond donors (Lipinski definition) is 1. The van der Waals surface area contributed by atoms with Gasteiger partial charge in [0.1, 0.15) is 36.8 Å². The number of benzene rings is 2. The first-order valence-electron chi connectivity index (χ1n) is 18.3. The molecule has 280 valence electrons. The van der Waals surface area contributed by atoms with Gasteiger partial charge in [0.15, 0.2) is 9.93 Å². The van der Waals surface area contributed by atoms with Crippen LogP contribution in [0.3, 0.4) is 0 Å². The van der Waals surface area contributed by atoms with Gasteiger partial charge in [0.2, 0.25) is 0 Å². The predicted molar refractivity (Wildman–Crippen MR) is 208 cm³/mol. The number of alkyl halides is 2. The number of allylic oxidation sites excluding steroid dienone is 2. The zero-order valence-corrected chi connectivity index (χ0v) is 32.0. The number of ether oxygens (including phenoxy) is 3. The van der Waals surface area contributed by atoms with Gasteiger partial charge < -0.3 is 24.2 Å². The Labute approximate surface area is 326 Å². The summed E-state index contributed by atoms with van der Waals surface area (Å²) in [4.78, 5) is 20.7. The lowest BCUT2D eigenvalue weighted by Gasteiger charge is -2.43. The van der Waals surface area contributed by atoms with Gasteiger partial charge in [-0.3, -0.25) is 14.7 Å². The molecule has 0 radical (unpaired) electrons. The molecule has 2 aliphatic heterocycles. The van der Waals surface area contributed by atoms with Crippen LogP contribution in [0.25, 0.3) is 5.57 Å². The Bertz CT molecular complexity index is 1830. The first-order valence-corrected chi connectivity index (χ1v) is 19.4. The Balaban J connectivity index is 1.28. The number of halogens is 3. The lowest BCUT2D eigenvalue weighted by atomic mass is 9.85. The number of nitrogens with zero attached hydrogens (tertiary/aromatic N) is 4. The SMILES string of the molecule is N#Cc1cncc(COc2cc(OCC3(OCCCN4CCCCC4)C=CC=C(c4ccccc4)C3(Cl)Cl)c(Cl)cc2CN2CCCC[C@H]2C(=O)O)c1. The van der Waals surface area contributed by atoms with Crippen molar-refractivity contribution in [3.8, 4) is 17.6 Å². The molecule has 2 fully saturated rings. The number of hydrogen-bond acceptors (Lipinski definition) is 8. The van der Waals surface area contributed by atoms with Crippen molar-refractivity contribution >= 4 is 46.3 Å². The third-order valence-corrected chi connectivity index (χ3v) is 11.5. The molecule has 3 aromatic rings. The van der Waals surface area contributed by atoms with Gasteiger partial charge in [-0.1, -0.05) is 90.1 Å². The molecule has 2 saturated heterocycles. The van der Waals surface area contributed by atoms with E-state index in [4.69, 9.17) is 49.0 Å². The summed E-state index contributed by atoms with van der Waals surface area (Å²) in [5.74, 6) is -0.0636. The lowest BCUT2D eigenvalue weighted by Crippen LogP contribution is -2.53. The largest absolute Gasteiger partial charge is 0.488 e. The van der Waals surface area contributed by atoms with Gasteiger partial charge >= 0.3 is 5.97 Å². The number of rotatable bonds is 15. The number of carboxylic acid groups (broad SMARTS) is 1. The maximum absolute atomic E-state index is 12.1. The number of pyridine rings is 1. The van der Waals surface area contributed by atoms with Crippen LogP contribution in [-0.4, -0.2) is 81.2 Å². The first-order chi connectivity index (χ1) is 25.7. The van der Waals surface area contributed by atoms with Crippen molar-refractivity contribution < 1.29 is 24.1 Å². The molecule has 0 bridgehead atoms. The smallest absolute Gasteiger partial charge is 0.320 e. The van der Waals surface area contributed by atoms with Crippen LogP contribution in [0.4, 0.5) is 0 Å². The predicted octanol–water partition coefficient (Wildman–Crippen LogP) is 8.46. The van der Waals surface area contributed by atoms with Crippen molar-refractivity contribution in [2.24, 2.45) is 0 Å². The fourth-order valence-electron chi connectivity index (χ4n) is 7.27. The molecule has 6 rings (SSSR count). The normalized spacial score (nSPS) is 21.8. The molecular formula is C41H45Cl3N4O5. The molecule has 0 saturated carbocycles. The van der Waals surface area contributed by atoms with E-state index in [0.717, 1.165) is 44.5 Å².